The molecule has 4 nitrogen and oxygen atoms in total. The van der Waals surface area contributed by atoms with Gasteiger partial charge in [0.1, 0.15) is 0 Å². The first-order valence-electron chi connectivity index (χ1n) is 6.32. The van der Waals surface area contributed by atoms with Crippen LogP contribution in [0.5, 0.6) is 0 Å². The number of likely N-dealkylation sites (tertiary alicyclic amines) is 2. The molecule has 16 heavy (non-hydrogen) atoms. The Bertz CT molecular complexity index is 240. The van der Waals surface area contributed by atoms with Crippen molar-refractivity contribution in [2.24, 2.45) is 0 Å². The molecule has 5 heteroatoms. The van der Waals surface area contributed by atoms with Crippen LogP contribution in [0.4, 0.5) is 0 Å². The highest BCUT2D eigenvalue weighted by molar-refractivity contribution is 7.79. The lowest BCUT2D eigenvalue weighted by atomic mass is 10.1. The van der Waals surface area contributed by atoms with E-state index >= 15 is 0 Å². The molecule has 2 rings (SSSR count). The minimum Gasteiger partial charge on any atom is -0.771 e. The first kappa shape index (κ1) is 12.5. The molecule has 2 unspecified atom stereocenters. The summed E-state index contributed by atoms with van der Waals surface area (Å²) >= 11 is -1.95. The van der Waals surface area contributed by atoms with Crippen LogP contribution >= 0.6 is 0 Å². The largest absolute Gasteiger partial charge is 0.771 e. The molecule has 0 aliphatic carbocycles. The summed E-state index contributed by atoms with van der Waals surface area (Å²) in [6, 6.07) is 0. The Hall–Kier alpha value is 0.0300. The fraction of sp³-hybridized carbons (Fsp3) is 1.00. The summed E-state index contributed by atoms with van der Waals surface area (Å²) in [6.45, 7) is 5.16. The Labute approximate surface area is 100 Å². The van der Waals surface area contributed by atoms with Crippen LogP contribution in [0.25, 0.3) is 0 Å². The molecule has 0 bridgehead atoms. The molecule has 94 valence electrons. The topological polar surface area (TPSA) is 46.6 Å². The van der Waals surface area contributed by atoms with E-state index in [9.17, 15) is 8.76 Å². The number of hydrogen-bond donors (Lipinski definition) is 0. The van der Waals surface area contributed by atoms with Gasteiger partial charge in [-0.25, -0.2) is 0 Å². The second-order valence-electron chi connectivity index (χ2n) is 4.80. The molecule has 0 N–H and O–H groups in total. The summed E-state index contributed by atoms with van der Waals surface area (Å²) in [5.74, 6) is 0. The van der Waals surface area contributed by atoms with Crippen molar-refractivity contribution in [1.82, 2.24) is 9.80 Å². The van der Waals surface area contributed by atoms with Gasteiger partial charge in [0, 0.05) is 6.54 Å². The van der Waals surface area contributed by atoms with Gasteiger partial charge >= 0.3 is 0 Å². The van der Waals surface area contributed by atoms with Crippen LogP contribution in [0.3, 0.4) is 0 Å². The quantitative estimate of drug-likeness (QED) is 0.671. The second-order valence-corrected chi connectivity index (χ2v) is 5.86. The lowest BCUT2D eigenvalue weighted by Crippen LogP contribution is -2.45. The normalized spacial score (nSPS) is 27.3. The van der Waals surface area contributed by atoms with Crippen molar-refractivity contribution in [1.29, 1.82) is 0 Å². The molecule has 0 aromatic rings. The van der Waals surface area contributed by atoms with Crippen LogP contribution in [0.1, 0.15) is 32.1 Å². The Morgan fingerprint density at radius 2 is 1.75 bits per heavy atom. The van der Waals surface area contributed by atoms with Gasteiger partial charge in [-0.1, -0.05) is 6.42 Å². The summed E-state index contributed by atoms with van der Waals surface area (Å²) in [5.41, 5.74) is 0. The van der Waals surface area contributed by atoms with Crippen LogP contribution in [0.15, 0.2) is 0 Å². The average Bonchev–Trinajstić information content (AvgIpc) is 2.22. The zero-order chi connectivity index (χ0) is 11.4. The molecular weight excluding hydrogens is 224 g/mol. The number of hydrogen-bond acceptors (Lipinski definition) is 4. The van der Waals surface area contributed by atoms with Crippen molar-refractivity contribution in [2.75, 3.05) is 32.7 Å². The SMILES string of the molecule is O=S([O-])C(CCN1CCC1)N1CCCCC1. The summed E-state index contributed by atoms with van der Waals surface area (Å²) in [5, 5.41) is -0.249. The standard InChI is InChI=1S/C11H22N2O2S/c14-16(15)11(5-10-12-6-4-7-12)13-8-2-1-3-9-13/h11H,1-10H2,(H,14,15)/p-1. The molecule has 0 saturated carbocycles. The van der Waals surface area contributed by atoms with E-state index in [1.165, 1.54) is 12.8 Å². The maximum absolute atomic E-state index is 11.3. The van der Waals surface area contributed by atoms with E-state index in [1.54, 1.807) is 0 Å². The van der Waals surface area contributed by atoms with E-state index in [1.807, 2.05) is 0 Å². The second kappa shape index (κ2) is 6.10. The van der Waals surface area contributed by atoms with Crippen molar-refractivity contribution in [3.05, 3.63) is 0 Å². The van der Waals surface area contributed by atoms with Gasteiger partial charge in [-0.2, -0.15) is 0 Å². The molecule has 2 aliphatic heterocycles. The number of rotatable bonds is 5. The maximum Gasteiger partial charge on any atom is 0.0738 e. The summed E-state index contributed by atoms with van der Waals surface area (Å²) in [7, 11) is 0. The number of nitrogens with zero attached hydrogens (tertiary/aromatic N) is 2. The van der Waals surface area contributed by atoms with Gasteiger partial charge < -0.3 is 9.45 Å². The Morgan fingerprint density at radius 3 is 2.25 bits per heavy atom. The highest BCUT2D eigenvalue weighted by Gasteiger charge is 2.23. The maximum atomic E-state index is 11.3. The Kier molecular flexibility index (Phi) is 4.76. The van der Waals surface area contributed by atoms with E-state index in [0.717, 1.165) is 52.0 Å². The fourth-order valence-electron chi connectivity index (χ4n) is 2.51. The third-order valence-electron chi connectivity index (χ3n) is 3.66. The van der Waals surface area contributed by atoms with Crippen molar-refractivity contribution in [3.8, 4) is 0 Å². The van der Waals surface area contributed by atoms with E-state index in [2.05, 4.69) is 9.80 Å². The zero-order valence-corrected chi connectivity index (χ0v) is 10.6. The third-order valence-corrected chi connectivity index (χ3v) is 4.64. The van der Waals surface area contributed by atoms with E-state index in [4.69, 9.17) is 0 Å². The fourth-order valence-corrected chi connectivity index (χ4v) is 3.26. The van der Waals surface area contributed by atoms with Gasteiger partial charge in [0.15, 0.2) is 0 Å². The van der Waals surface area contributed by atoms with Gasteiger partial charge in [0.2, 0.25) is 0 Å². The van der Waals surface area contributed by atoms with Gasteiger partial charge in [0.05, 0.1) is 5.37 Å². The van der Waals surface area contributed by atoms with E-state index in [-0.39, 0.29) is 5.37 Å². The number of piperidine rings is 1. The minimum absolute atomic E-state index is 0.249. The highest BCUT2D eigenvalue weighted by Crippen LogP contribution is 2.17. The molecule has 0 radical (unpaired) electrons. The Morgan fingerprint density at radius 1 is 1.06 bits per heavy atom. The summed E-state index contributed by atoms with van der Waals surface area (Å²) < 4.78 is 22.5. The lowest BCUT2D eigenvalue weighted by Gasteiger charge is -2.38. The van der Waals surface area contributed by atoms with Gasteiger partial charge in [-0.05, 0) is 62.9 Å². The third kappa shape index (κ3) is 3.26. The molecule has 2 heterocycles. The van der Waals surface area contributed by atoms with Gasteiger partial charge in [0.25, 0.3) is 0 Å². The van der Waals surface area contributed by atoms with Crippen molar-refractivity contribution in [2.45, 2.75) is 37.5 Å². The molecule has 0 aromatic carbocycles. The molecule has 2 aliphatic rings. The van der Waals surface area contributed by atoms with Crippen LogP contribution < -0.4 is 0 Å². The molecule has 0 aromatic heterocycles. The van der Waals surface area contributed by atoms with Crippen molar-refractivity contribution in [3.63, 3.8) is 0 Å². The van der Waals surface area contributed by atoms with Crippen molar-refractivity contribution < 1.29 is 8.76 Å². The highest BCUT2D eigenvalue weighted by atomic mass is 32.2. The molecule has 2 atom stereocenters. The molecular formula is C11H21N2O2S-. The summed E-state index contributed by atoms with van der Waals surface area (Å²) in [6.07, 6.45) is 5.60. The molecule has 0 spiro atoms. The summed E-state index contributed by atoms with van der Waals surface area (Å²) in [4.78, 5) is 4.48. The van der Waals surface area contributed by atoms with Crippen LogP contribution in [0, 0.1) is 0 Å². The Balaban J connectivity index is 1.80. The molecule has 2 fully saturated rings. The van der Waals surface area contributed by atoms with E-state index in [0.29, 0.717) is 0 Å². The smallest absolute Gasteiger partial charge is 0.0738 e. The minimum atomic E-state index is -1.95. The average molecular weight is 245 g/mol. The molecule has 0 amide bonds. The predicted octanol–water partition coefficient (Wildman–Crippen LogP) is 0.773. The predicted molar refractivity (Wildman–Crippen MR) is 63.8 cm³/mol. The van der Waals surface area contributed by atoms with Gasteiger partial charge in [-0.15, -0.1) is 0 Å². The lowest BCUT2D eigenvalue weighted by molar-refractivity contribution is 0.146. The van der Waals surface area contributed by atoms with Crippen molar-refractivity contribution >= 4 is 11.1 Å². The first-order chi connectivity index (χ1) is 7.77. The zero-order valence-electron chi connectivity index (χ0n) is 9.77. The van der Waals surface area contributed by atoms with Gasteiger partial charge in [-0.3, -0.25) is 9.11 Å². The van der Waals surface area contributed by atoms with E-state index < -0.39 is 11.1 Å². The van der Waals surface area contributed by atoms with Crippen LogP contribution in [-0.2, 0) is 11.1 Å². The first-order valence-corrected chi connectivity index (χ1v) is 7.45. The monoisotopic (exact) mass is 245 g/mol. The molecule has 2 saturated heterocycles. The van der Waals surface area contributed by atoms with Crippen LogP contribution in [-0.4, -0.2) is 56.7 Å². The van der Waals surface area contributed by atoms with Crippen LogP contribution in [0.2, 0.25) is 0 Å².